The summed E-state index contributed by atoms with van der Waals surface area (Å²) in [5.41, 5.74) is 1.37. The van der Waals surface area contributed by atoms with Crippen molar-refractivity contribution in [3.05, 3.63) is 29.8 Å². The quantitative estimate of drug-likeness (QED) is 0.903. The van der Waals surface area contributed by atoms with Crippen molar-refractivity contribution in [2.45, 2.75) is 44.7 Å². The summed E-state index contributed by atoms with van der Waals surface area (Å²) in [4.78, 5) is 0. The van der Waals surface area contributed by atoms with Crippen LogP contribution in [0.5, 0.6) is 5.75 Å². The number of nitrogens with one attached hydrogen (secondary N) is 1. The molecule has 0 unspecified atom stereocenters. The van der Waals surface area contributed by atoms with Gasteiger partial charge in [-0.15, -0.1) is 0 Å². The molecule has 4 saturated carbocycles. The molecule has 1 N–H and O–H groups in total. The van der Waals surface area contributed by atoms with Crippen LogP contribution in [0.25, 0.3) is 0 Å². The van der Waals surface area contributed by atoms with Crippen molar-refractivity contribution in [3.63, 3.8) is 0 Å². The zero-order valence-electron chi connectivity index (χ0n) is 12.3. The average Bonchev–Trinajstić information content (AvgIpc) is 2.46. The van der Waals surface area contributed by atoms with Gasteiger partial charge in [0.25, 0.3) is 0 Å². The maximum absolute atomic E-state index is 5.22. The van der Waals surface area contributed by atoms with Crippen LogP contribution in [0.15, 0.2) is 24.3 Å². The molecule has 108 valence electrons. The van der Waals surface area contributed by atoms with Crippen molar-refractivity contribution in [2.75, 3.05) is 7.11 Å². The van der Waals surface area contributed by atoms with Crippen molar-refractivity contribution in [3.8, 4) is 5.75 Å². The van der Waals surface area contributed by atoms with Gasteiger partial charge in [-0.3, -0.25) is 0 Å². The molecule has 0 aliphatic heterocycles. The molecule has 4 aliphatic carbocycles. The molecule has 2 heteroatoms. The number of ether oxygens (including phenoxy) is 1. The molecule has 4 fully saturated rings. The van der Waals surface area contributed by atoms with Gasteiger partial charge in [-0.25, -0.2) is 0 Å². The van der Waals surface area contributed by atoms with Crippen LogP contribution in [0.2, 0.25) is 0 Å². The van der Waals surface area contributed by atoms with Crippen LogP contribution in [-0.4, -0.2) is 13.2 Å². The molecule has 0 aromatic heterocycles. The molecule has 0 saturated heterocycles. The van der Waals surface area contributed by atoms with Gasteiger partial charge in [-0.05, 0) is 73.5 Å². The second kappa shape index (κ2) is 5.07. The fourth-order valence-corrected chi connectivity index (χ4v) is 5.24. The standard InChI is InChI=1S/C18H25NO/c1-20-17-4-2-12(3-5-17)11-19-18-15-7-13-6-14(9-15)10-16(18)8-13/h2-5,13-16,18-19H,6-11H2,1H3. The smallest absolute Gasteiger partial charge is 0.118 e. The Hall–Kier alpha value is -1.02. The third-order valence-corrected chi connectivity index (χ3v) is 5.93. The summed E-state index contributed by atoms with van der Waals surface area (Å²) < 4.78 is 5.22. The average molecular weight is 271 g/mol. The first kappa shape index (κ1) is 12.7. The maximum atomic E-state index is 5.22. The fraction of sp³-hybridized carbons (Fsp3) is 0.667. The lowest BCUT2D eigenvalue weighted by Gasteiger charge is -2.54. The van der Waals surface area contributed by atoms with E-state index in [1.54, 1.807) is 7.11 Å². The van der Waals surface area contributed by atoms with Crippen molar-refractivity contribution in [1.29, 1.82) is 0 Å². The van der Waals surface area contributed by atoms with Crippen molar-refractivity contribution >= 4 is 0 Å². The van der Waals surface area contributed by atoms with Gasteiger partial charge >= 0.3 is 0 Å². The van der Waals surface area contributed by atoms with Crippen LogP contribution in [0.4, 0.5) is 0 Å². The fourth-order valence-electron chi connectivity index (χ4n) is 5.24. The second-order valence-corrected chi connectivity index (χ2v) is 7.19. The van der Waals surface area contributed by atoms with Gasteiger partial charge in [-0.2, -0.15) is 0 Å². The Morgan fingerprint density at radius 3 is 2.10 bits per heavy atom. The van der Waals surface area contributed by atoms with E-state index in [2.05, 4.69) is 29.6 Å². The van der Waals surface area contributed by atoms with Gasteiger partial charge in [0.05, 0.1) is 7.11 Å². The molecule has 0 amide bonds. The Balaban J connectivity index is 1.39. The summed E-state index contributed by atoms with van der Waals surface area (Å²) >= 11 is 0. The molecule has 0 radical (unpaired) electrons. The van der Waals surface area contributed by atoms with Crippen LogP contribution in [0.1, 0.15) is 37.7 Å². The second-order valence-electron chi connectivity index (χ2n) is 7.19. The molecule has 5 rings (SSSR count). The Kier molecular flexibility index (Phi) is 3.22. The molecular formula is C18H25NO. The van der Waals surface area contributed by atoms with E-state index in [9.17, 15) is 0 Å². The molecule has 20 heavy (non-hydrogen) atoms. The highest BCUT2D eigenvalue weighted by Gasteiger charge is 2.47. The van der Waals surface area contributed by atoms with Crippen molar-refractivity contribution < 1.29 is 4.74 Å². The molecular weight excluding hydrogens is 246 g/mol. The van der Waals surface area contributed by atoms with E-state index in [-0.39, 0.29) is 0 Å². The van der Waals surface area contributed by atoms with Crippen LogP contribution in [0.3, 0.4) is 0 Å². The third kappa shape index (κ3) is 2.24. The summed E-state index contributed by atoms with van der Waals surface area (Å²) in [7, 11) is 1.72. The highest BCUT2D eigenvalue weighted by atomic mass is 16.5. The Bertz CT molecular complexity index is 439. The van der Waals surface area contributed by atoms with Crippen LogP contribution >= 0.6 is 0 Å². The molecule has 4 aliphatic rings. The number of hydrogen-bond acceptors (Lipinski definition) is 2. The van der Waals surface area contributed by atoms with E-state index in [1.807, 2.05) is 0 Å². The minimum atomic E-state index is 0.782. The lowest BCUT2D eigenvalue weighted by atomic mass is 9.54. The summed E-state index contributed by atoms with van der Waals surface area (Å²) in [6, 6.07) is 9.27. The monoisotopic (exact) mass is 271 g/mol. The summed E-state index contributed by atoms with van der Waals surface area (Å²) in [6.07, 6.45) is 7.51. The van der Waals surface area contributed by atoms with Gasteiger partial charge < -0.3 is 10.1 Å². The normalized spacial score (nSPS) is 38.1. The zero-order chi connectivity index (χ0) is 13.5. The number of methoxy groups -OCH3 is 1. The van der Waals surface area contributed by atoms with Crippen LogP contribution in [0, 0.1) is 23.7 Å². The predicted molar refractivity (Wildman–Crippen MR) is 80.7 cm³/mol. The molecule has 1 aromatic carbocycles. The number of hydrogen-bond donors (Lipinski definition) is 1. The highest BCUT2D eigenvalue weighted by molar-refractivity contribution is 5.27. The Labute approximate surface area is 121 Å². The largest absolute Gasteiger partial charge is 0.497 e. The van der Waals surface area contributed by atoms with Gasteiger partial charge in [0, 0.05) is 12.6 Å². The maximum Gasteiger partial charge on any atom is 0.118 e. The van der Waals surface area contributed by atoms with E-state index >= 15 is 0 Å². The van der Waals surface area contributed by atoms with Gasteiger partial charge in [0.2, 0.25) is 0 Å². The zero-order valence-corrected chi connectivity index (χ0v) is 12.3. The van der Waals surface area contributed by atoms with Crippen LogP contribution in [-0.2, 0) is 6.54 Å². The minimum Gasteiger partial charge on any atom is -0.497 e. The molecule has 1 aromatic rings. The summed E-state index contributed by atoms with van der Waals surface area (Å²) in [5, 5.41) is 3.88. The Morgan fingerprint density at radius 1 is 0.950 bits per heavy atom. The van der Waals surface area contributed by atoms with Gasteiger partial charge in [0.1, 0.15) is 5.75 Å². The van der Waals surface area contributed by atoms with Crippen LogP contribution < -0.4 is 10.1 Å². The first-order valence-electron chi connectivity index (χ1n) is 8.18. The third-order valence-electron chi connectivity index (χ3n) is 5.93. The van der Waals surface area contributed by atoms with Gasteiger partial charge in [0.15, 0.2) is 0 Å². The van der Waals surface area contributed by atoms with E-state index in [0.29, 0.717) is 0 Å². The van der Waals surface area contributed by atoms with E-state index in [4.69, 9.17) is 4.74 Å². The summed E-state index contributed by atoms with van der Waals surface area (Å²) in [6.45, 7) is 1.01. The van der Waals surface area contributed by atoms with Crippen molar-refractivity contribution in [1.82, 2.24) is 5.32 Å². The molecule has 2 nitrogen and oxygen atoms in total. The number of rotatable bonds is 4. The van der Waals surface area contributed by atoms with E-state index < -0.39 is 0 Å². The van der Waals surface area contributed by atoms with Crippen molar-refractivity contribution in [2.24, 2.45) is 23.7 Å². The lowest BCUT2D eigenvalue weighted by Crippen LogP contribution is -2.54. The highest BCUT2D eigenvalue weighted by Crippen LogP contribution is 2.53. The Morgan fingerprint density at radius 2 is 1.55 bits per heavy atom. The first-order valence-corrected chi connectivity index (χ1v) is 8.18. The topological polar surface area (TPSA) is 21.3 Å². The van der Waals surface area contributed by atoms with E-state index in [0.717, 1.165) is 42.0 Å². The van der Waals surface area contributed by atoms with E-state index in [1.165, 1.54) is 37.7 Å². The minimum absolute atomic E-state index is 0.782. The lowest BCUT2D eigenvalue weighted by molar-refractivity contribution is -0.0142. The van der Waals surface area contributed by atoms with Gasteiger partial charge in [-0.1, -0.05) is 12.1 Å². The SMILES string of the molecule is COc1ccc(CNC2C3CC4CC(C3)CC2C4)cc1. The predicted octanol–water partition coefficient (Wildman–Crippen LogP) is 3.61. The molecule has 0 atom stereocenters. The molecule has 0 spiro atoms. The number of benzene rings is 1. The molecule has 4 bridgehead atoms. The molecule has 0 heterocycles. The first-order chi connectivity index (χ1) is 9.81. The summed E-state index contributed by atoms with van der Waals surface area (Å²) in [5.74, 6) is 5.01.